The predicted octanol–water partition coefficient (Wildman–Crippen LogP) is 4.85. The minimum Gasteiger partial charge on any atom is -0.382 e. The van der Waals surface area contributed by atoms with Crippen molar-refractivity contribution < 1.29 is 23.9 Å². The van der Waals surface area contributed by atoms with E-state index in [9.17, 15) is 19.2 Å². The number of anilines is 3. The van der Waals surface area contributed by atoms with Crippen molar-refractivity contribution in [3.05, 3.63) is 96.5 Å². The van der Waals surface area contributed by atoms with Gasteiger partial charge in [-0.3, -0.25) is 34.1 Å². The number of imide groups is 2. The standard InChI is InChI=1S/C41H44N10O5/c1-2-3-18-50-25-28(24-44-50)36-31-13-16-43-37(31)48-41(47-36)45-29-9-7-26(8-10-29)27-14-19-49(20-15-27)21-23-56-22-17-42-32-6-4-5-30-35(32)40(55)51(39(30)54)33-11-12-34(52)46-38(33)53/h2,4-10,13,16,24-25,27,33,42H,1,3,11-12,14-15,17-23H2,(H,46,52,53)(H2,43,45,47,48). The Hall–Kier alpha value is -6.19. The van der Waals surface area contributed by atoms with Gasteiger partial charge in [-0.05, 0) is 80.6 Å². The molecule has 8 rings (SSSR count). The number of aromatic nitrogens is 5. The Kier molecular flexibility index (Phi) is 10.7. The minimum atomic E-state index is -0.998. The maximum Gasteiger partial charge on any atom is 0.264 e. The Morgan fingerprint density at radius 2 is 1.79 bits per heavy atom. The van der Waals surface area contributed by atoms with Crippen molar-refractivity contribution in [2.75, 3.05) is 50.0 Å². The summed E-state index contributed by atoms with van der Waals surface area (Å²) in [5, 5.41) is 14.3. The number of aryl methyl sites for hydroxylation is 1. The topological polar surface area (TPSA) is 179 Å². The van der Waals surface area contributed by atoms with E-state index in [1.807, 2.05) is 35.4 Å². The number of carbonyl (C=O) groups is 4. The molecule has 288 valence electrons. The van der Waals surface area contributed by atoms with Crippen LogP contribution in [-0.4, -0.2) is 104 Å². The van der Waals surface area contributed by atoms with Gasteiger partial charge >= 0.3 is 0 Å². The van der Waals surface area contributed by atoms with Crippen molar-refractivity contribution in [2.45, 2.75) is 50.6 Å². The number of nitrogens with zero attached hydrogens (tertiary/aromatic N) is 6. The van der Waals surface area contributed by atoms with E-state index in [0.29, 0.717) is 37.3 Å². The van der Waals surface area contributed by atoms with Crippen LogP contribution in [0.2, 0.25) is 0 Å². The van der Waals surface area contributed by atoms with Gasteiger partial charge in [0, 0.05) is 60.8 Å². The summed E-state index contributed by atoms with van der Waals surface area (Å²) in [6, 6.07) is 14.6. The molecule has 1 unspecified atom stereocenters. The number of aromatic amines is 1. The predicted molar refractivity (Wildman–Crippen MR) is 210 cm³/mol. The summed E-state index contributed by atoms with van der Waals surface area (Å²) >= 11 is 0. The number of benzene rings is 2. The SMILES string of the molecule is C=CCCn1cc(-c2nc(Nc3ccc(C4CCN(CCOCCNc5cccc6c5C(=O)N(C5CCC(=O)NC5=O)C6=O)CC4)cc3)nc3[nH]ccc23)cn1. The first-order chi connectivity index (χ1) is 27.4. The molecule has 6 heterocycles. The lowest BCUT2D eigenvalue weighted by Crippen LogP contribution is -2.54. The Morgan fingerprint density at radius 3 is 2.59 bits per heavy atom. The maximum atomic E-state index is 13.3. The third kappa shape index (κ3) is 7.68. The molecule has 15 nitrogen and oxygen atoms in total. The number of nitrogens with one attached hydrogen (secondary N) is 4. The number of hydrogen-bond donors (Lipinski definition) is 4. The number of ether oxygens (including phenoxy) is 1. The van der Waals surface area contributed by atoms with Crippen molar-refractivity contribution >= 4 is 52.0 Å². The fraction of sp³-hybridized carbons (Fsp3) is 0.341. The molecule has 4 N–H and O–H groups in total. The van der Waals surface area contributed by atoms with Crippen LogP contribution in [0.5, 0.6) is 0 Å². The zero-order chi connectivity index (χ0) is 38.6. The Morgan fingerprint density at radius 1 is 0.946 bits per heavy atom. The molecule has 4 amide bonds. The van der Waals surface area contributed by atoms with Gasteiger partial charge in [0.2, 0.25) is 17.8 Å². The Balaban J connectivity index is 0.777. The first kappa shape index (κ1) is 36.8. The maximum absolute atomic E-state index is 13.3. The number of fused-ring (bicyclic) bond motifs is 2. The highest BCUT2D eigenvalue weighted by Crippen LogP contribution is 2.33. The molecule has 2 aromatic carbocycles. The number of rotatable bonds is 15. The van der Waals surface area contributed by atoms with Crippen molar-refractivity contribution in [3.8, 4) is 11.3 Å². The number of allylic oxidation sites excluding steroid dienone is 1. The van der Waals surface area contributed by atoms with Gasteiger partial charge in [0.15, 0.2) is 0 Å². The number of likely N-dealkylation sites (tertiary alicyclic amines) is 1. The van der Waals surface area contributed by atoms with Crippen LogP contribution in [0.3, 0.4) is 0 Å². The number of H-pyrrole nitrogens is 1. The zero-order valence-electron chi connectivity index (χ0n) is 31.0. The van der Waals surface area contributed by atoms with Gasteiger partial charge < -0.3 is 25.3 Å². The molecule has 1 atom stereocenters. The molecule has 2 saturated heterocycles. The van der Waals surface area contributed by atoms with Crippen LogP contribution in [0.1, 0.15) is 64.3 Å². The highest BCUT2D eigenvalue weighted by Gasteiger charge is 2.45. The summed E-state index contributed by atoms with van der Waals surface area (Å²) in [5.41, 5.74) is 5.76. The molecule has 2 fully saturated rings. The summed E-state index contributed by atoms with van der Waals surface area (Å²) in [5.74, 6) is -1.09. The van der Waals surface area contributed by atoms with E-state index in [-0.39, 0.29) is 24.0 Å². The first-order valence-electron chi connectivity index (χ1n) is 19.1. The van der Waals surface area contributed by atoms with Crippen LogP contribution in [0.15, 0.2) is 79.8 Å². The lowest BCUT2D eigenvalue weighted by molar-refractivity contribution is -0.136. The highest BCUT2D eigenvalue weighted by molar-refractivity contribution is 6.25. The molecule has 0 radical (unpaired) electrons. The van der Waals surface area contributed by atoms with Crippen LogP contribution in [-0.2, 0) is 20.9 Å². The number of amides is 4. The van der Waals surface area contributed by atoms with Gasteiger partial charge in [-0.1, -0.05) is 24.3 Å². The summed E-state index contributed by atoms with van der Waals surface area (Å²) in [7, 11) is 0. The molecule has 0 saturated carbocycles. The third-order valence-corrected chi connectivity index (χ3v) is 10.7. The fourth-order valence-electron chi connectivity index (χ4n) is 7.72. The summed E-state index contributed by atoms with van der Waals surface area (Å²) < 4.78 is 7.83. The molecule has 3 aliphatic rings. The van der Waals surface area contributed by atoms with Crippen molar-refractivity contribution in [2.24, 2.45) is 0 Å². The van der Waals surface area contributed by atoms with Crippen LogP contribution >= 0.6 is 0 Å². The molecule has 3 aromatic heterocycles. The number of piperidine rings is 2. The summed E-state index contributed by atoms with van der Waals surface area (Å²) in [6.07, 6.45) is 10.8. The third-order valence-electron chi connectivity index (χ3n) is 10.7. The summed E-state index contributed by atoms with van der Waals surface area (Å²) in [6.45, 7) is 8.81. The fourth-order valence-corrected chi connectivity index (χ4v) is 7.72. The monoisotopic (exact) mass is 756 g/mol. The number of carbonyl (C=O) groups excluding carboxylic acids is 4. The van der Waals surface area contributed by atoms with Gasteiger partial charge in [0.25, 0.3) is 11.8 Å². The quantitative estimate of drug-likeness (QED) is 0.0652. The lowest BCUT2D eigenvalue weighted by Gasteiger charge is -2.32. The van der Waals surface area contributed by atoms with Gasteiger partial charge in [-0.25, -0.2) is 4.98 Å². The molecule has 0 bridgehead atoms. The van der Waals surface area contributed by atoms with Crippen LogP contribution in [0.4, 0.5) is 17.3 Å². The molecule has 3 aliphatic heterocycles. The molecule has 5 aromatic rings. The van der Waals surface area contributed by atoms with E-state index in [1.54, 1.807) is 18.2 Å². The van der Waals surface area contributed by atoms with Crippen LogP contribution < -0.4 is 16.0 Å². The van der Waals surface area contributed by atoms with Crippen LogP contribution in [0, 0.1) is 0 Å². The largest absolute Gasteiger partial charge is 0.382 e. The minimum absolute atomic E-state index is 0.0779. The van der Waals surface area contributed by atoms with E-state index in [0.717, 1.165) is 78.3 Å². The average molecular weight is 757 g/mol. The molecule has 15 heteroatoms. The Labute approximate surface area is 323 Å². The van der Waals surface area contributed by atoms with Crippen molar-refractivity contribution in [3.63, 3.8) is 0 Å². The van der Waals surface area contributed by atoms with E-state index < -0.39 is 29.7 Å². The zero-order valence-corrected chi connectivity index (χ0v) is 31.0. The average Bonchev–Trinajstić information content (AvgIpc) is 3.95. The van der Waals surface area contributed by atoms with Crippen LogP contribution in [0.25, 0.3) is 22.3 Å². The van der Waals surface area contributed by atoms with E-state index in [2.05, 4.69) is 61.8 Å². The van der Waals surface area contributed by atoms with Crippen molar-refractivity contribution in [1.82, 2.24) is 39.8 Å². The summed E-state index contributed by atoms with van der Waals surface area (Å²) in [4.78, 5) is 66.6. The highest BCUT2D eigenvalue weighted by atomic mass is 16.5. The smallest absolute Gasteiger partial charge is 0.264 e. The molecule has 0 spiro atoms. The first-order valence-corrected chi connectivity index (χ1v) is 19.1. The normalized spacial score (nSPS) is 17.7. The molecular formula is C41H44N10O5. The van der Waals surface area contributed by atoms with Gasteiger partial charge in [-0.15, -0.1) is 6.58 Å². The lowest BCUT2D eigenvalue weighted by atomic mass is 9.89. The molecular weight excluding hydrogens is 713 g/mol. The Bertz CT molecular complexity index is 2270. The second-order valence-electron chi connectivity index (χ2n) is 14.3. The van der Waals surface area contributed by atoms with Gasteiger partial charge in [-0.2, -0.15) is 10.1 Å². The second kappa shape index (κ2) is 16.3. The molecule has 0 aliphatic carbocycles. The van der Waals surface area contributed by atoms with E-state index in [4.69, 9.17) is 14.7 Å². The van der Waals surface area contributed by atoms with Gasteiger partial charge in [0.05, 0.1) is 36.2 Å². The molecule has 56 heavy (non-hydrogen) atoms. The number of hydrogen-bond acceptors (Lipinski definition) is 11. The van der Waals surface area contributed by atoms with E-state index in [1.165, 1.54) is 5.56 Å². The van der Waals surface area contributed by atoms with E-state index >= 15 is 0 Å². The van der Waals surface area contributed by atoms with Gasteiger partial charge in [0.1, 0.15) is 11.7 Å². The van der Waals surface area contributed by atoms with Crippen molar-refractivity contribution in [1.29, 1.82) is 0 Å². The second-order valence-corrected chi connectivity index (χ2v) is 14.3.